The molecule has 7 heteroatoms. The minimum absolute atomic E-state index is 0.197. The second-order valence-electron chi connectivity index (χ2n) is 7.13. The van der Waals surface area contributed by atoms with E-state index in [9.17, 15) is 18.0 Å². The highest BCUT2D eigenvalue weighted by atomic mass is 19.3. The summed E-state index contributed by atoms with van der Waals surface area (Å²) < 4.78 is 40.8. The molecule has 0 atom stereocenters. The Bertz CT molecular complexity index is 854. The van der Waals surface area contributed by atoms with E-state index >= 15 is 0 Å². The van der Waals surface area contributed by atoms with E-state index in [4.69, 9.17) is 0 Å². The van der Waals surface area contributed by atoms with E-state index < -0.39 is 29.5 Å². The van der Waals surface area contributed by atoms with Gasteiger partial charge in [-0.2, -0.15) is 9.49 Å². The molecule has 1 aromatic heterocycles. The van der Waals surface area contributed by atoms with Crippen molar-refractivity contribution >= 4 is 5.91 Å². The molecule has 1 aromatic carbocycles. The quantitative estimate of drug-likeness (QED) is 0.837. The number of rotatable bonds is 6. The summed E-state index contributed by atoms with van der Waals surface area (Å²) in [5.74, 6) is -0.788. The van der Waals surface area contributed by atoms with Crippen LogP contribution in [-0.2, 0) is 13.6 Å². The fraction of sp³-hybridized carbons (Fsp3) is 0.474. The van der Waals surface area contributed by atoms with Gasteiger partial charge in [-0.3, -0.25) is 4.79 Å². The van der Waals surface area contributed by atoms with Crippen molar-refractivity contribution in [2.45, 2.75) is 50.5 Å². The molecule has 2 aliphatic carbocycles. The summed E-state index contributed by atoms with van der Waals surface area (Å²) >= 11 is 0. The summed E-state index contributed by atoms with van der Waals surface area (Å²) in [7, 11) is 1.20. The number of carbonyl (C=O) groups excluding carboxylic acids is 1. The minimum atomic E-state index is -3.01. The highest BCUT2D eigenvalue weighted by Gasteiger charge is 2.34. The summed E-state index contributed by atoms with van der Waals surface area (Å²) in [5.41, 5.74) is 2.13. The third-order valence-electron chi connectivity index (χ3n) is 5.11. The molecule has 1 N–H and O–H groups in total. The Labute approximate surface area is 149 Å². The highest BCUT2D eigenvalue weighted by Crippen LogP contribution is 2.50. The van der Waals surface area contributed by atoms with E-state index in [-0.39, 0.29) is 6.54 Å². The predicted molar refractivity (Wildman–Crippen MR) is 89.7 cm³/mol. The Kier molecular flexibility index (Phi) is 4.25. The standard InChI is InChI=1S/C19H20F3N3O/c1-25-18(22)15(16(24-25)17(20)21)19(26)23-9-12-3-2-4-13(10-5-6-10)14(12)11-7-8-11/h2-4,10-11,17H,5-9H2,1H3,(H,23,26). The molecule has 138 valence electrons. The van der Waals surface area contributed by atoms with Gasteiger partial charge in [0.25, 0.3) is 12.3 Å². The Morgan fingerprint density at radius 2 is 1.96 bits per heavy atom. The lowest BCUT2D eigenvalue weighted by molar-refractivity contribution is 0.0931. The second-order valence-corrected chi connectivity index (χ2v) is 7.13. The van der Waals surface area contributed by atoms with E-state index in [1.807, 2.05) is 12.1 Å². The van der Waals surface area contributed by atoms with Crippen molar-refractivity contribution in [1.29, 1.82) is 0 Å². The summed E-state index contributed by atoms with van der Waals surface area (Å²) in [4.78, 5) is 12.4. The second kappa shape index (κ2) is 6.45. The maximum atomic E-state index is 14.1. The van der Waals surface area contributed by atoms with Gasteiger partial charge in [-0.1, -0.05) is 18.2 Å². The number of hydrogen-bond acceptors (Lipinski definition) is 2. The van der Waals surface area contributed by atoms with Crippen molar-refractivity contribution in [3.8, 4) is 0 Å². The molecule has 2 aromatic rings. The first-order valence-corrected chi connectivity index (χ1v) is 8.87. The number of alkyl halides is 2. The van der Waals surface area contributed by atoms with Gasteiger partial charge in [-0.25, -0.2) is 13.5 Å². The van der Waals surface area contributed by atoms with E-state index in [1.165, 1.54) is 31.0 Å². The molecule has 0 radical (unpaired) electrons. The van der Waals surface area contributed by atoms with E-state index in [0.29, 0.717) is 16.5 Å². The van der Waals surface area contributed by atoms with Gasteiger partial charge in [0.05, 0.1) is 0 Å². The van der Waals surface area contributed by atoms with Gasteiger partial charge in [-0.15, -0.1) is 0 Å². The Hall–Kier alpha value is -2.31. The van der Waals surface area contributed by atoms with Gasteiger partial charge in [0, 0.05) is 13.6 Å². The van der Waals surface area contributed by atoms with Crippen molar-refractivity contribution in [2.75, 3.05) is 0 Å². The van der Waals surface area contributed by atoms with Crippen LogP contribution in [0, 0.1) is 5.95 Å². The first kappa shape index (κ1) is 17.1. The number of nitrogens with zero attached hydrogens (tertiary/aromatic N) is 2. The smallest absolute Gasteiger partial charge is 0.283 e. The molecule has 0 saturated heterocycles. The van der Waals surface area contributed by atoms with E-state index in [0.717, 1.165) is 18.4 Å². The van der Waals surface area contributed by atoms with Crippen molar-refractivity contribution in [3.63, 3.8) is 0 Å². The van der Waals surface area contributed by atoms with Crippen LogP contribution in [0.1, 0.15) is 76.7 Å². The third-order valence-corrected chi connectivity index (χ3v) is 5.11. The summed E-state index contributed by atoms with van der Waals surface area (Å²) in [5, 5.41) is 6.03. The molecule has 0 unspecified atom stereocenters. The molecule has 2 aliphatic rings. The van der Waals surface area contributed by atoms with Gasteiger partial charge in [0.15, 0.2) is 0 Å². The molecule has 1 amide bonds. The van der Waals surface area contributed by atoms with Gasteiger partial charge >= 0.3 is 0 Å². The number of halogens is 3. The van der Waals surface area contributed by atoms with Crippen LogP contribution >= 0.6 is 0 Å². The molecule has 26 heavy (non-hydrogen) atoms. The van der Waals surface area contributed by atoms with Crippen molar-refractivity contribution in [2.24, 2.45) is 7.05 Å². The number of nitrogens with one attached hydrogen (secondary N) is 1. The number of amides is 1. The van der Waals surface area contributed by atoms with Crippen LogP contribution in [0.2, 0.25) is 0 Å². The van der Waals surface area contributed by atoms with Crippen LogP contribution in [0.3, 0.4) is 0 Å². The molecule has 0 aliphatic heterocycles. The van der Waals surface area contributed by atoms with Gasteiger partial charge in [-0.05, 0) is 54.2 Å². The number of aryl methyl sites for hydroxylation is 1. The molecule has 2 fully saturated rings. The fourth-order valence-corrected chi connectivity index (χ4v) is 3.56. The lowest BCUT2D eigenvalue weighted by Gasteiger charge is -2.15. The first-order chi connectivity index (χ1) is 12.5. The van der Waals surface area contributed by atoms with Gasteiger partial charge < -0.3 is 5.32 Å². The highest BCUT2D eigenvalue weighted by molar-refractivity contribution is 5.95. The predicted octanol–water partition coefficient (Wildman–Crippen LogP) is 4.18. The van der Waals surface area contributed by atoms with Gasteiger partial charge in [0.2, 0.25) is 5.95 Å². The zero-order chi connectivity index (χ0) is 18.4. The van der Waals surface area contributed by atoms with Crippen molar-refractivity contribution < 1.29 is 18.0 Å². The third kappa shape index (κ3) is 3.10. The molecule has 0 spiro atoms. The van der Waals surface area contributed by atoms with Crippen LogP contribution < -0.4 is 5.32 Å². The summed E-state index contributed by atoms with van der Waals surface area (Å²) in [6.45, 7) is 0.197. The number of carbonyl (C=O) groups is 1. The molecule has 0 bridgehead atoms. The largest absolute Gasteiger partial charge is 0.348 e. The zero-order valence-electron chi connectivity index (χ0n) is 14.4. The lowest BCUT2D eigenvalue weighted by atomic mass is 9.94. The van der Waals surface area contributed by atoms with Gasteiger partial charge in [0.1, 0.15) is 11.3 Å². The van der Waals surface area contributed by atoms with Crippen molar-refractivity contribution in [1.82, 2.24) is 15.1 Å². The summed E-state index contributed by atoms with van der Waals surface area (Å²) in [6, 6.07) is 6.07. The maximum Gasteiger partial charge on any atom is 0.283 e. The van der Waals surface area contributed by atoms with Crippen LogP contribution in [0.15, 0.2) is 18.2 Å². The van der Waals surface area contributed by atoms with E-state index in [2.05, 4.69) is 16.5 Å². The normalized spacial score (nSPS) is 17.0. The maximum absolute atomic E-state index is 14.1. The first-order valence-electron chi connectivity index (χ1n) is 8.87. The molecular weight excluding hydrogens is 343 g/mol. The van der Waals surface area contributed by atoms with Crippen LogP contribution in [0.5, 0.6) is 0 Å². The topological polar surface area (TPSA) is 46.9 Å². The van der Waals surface area contributed by atoms with Crippen LogP contribution in [0.4, 0.5) is 13.2 Å². The average molecular weight is 363 g/mol. The monoisotopic (exact) mass is 363 g/mol. The Morgan fingerprint density at radius 3 is 2.58 bits per heavy atom. The van der Waals surface area contributed by atoms with Crippen molar-refractivity contribution in [3.05, 3.63) is 52.1 Å². The zero-order valence-corrected chi connectivity index (χ0v) is 14.4. The minimum Gasteiger partial charge on any atom is -0.348 e. The molecule has 4 nitrogen and oxygen atoms in total. The Morgan fingerprint density at radius 1 is 1.27 bits per heavy atom. The number of hydrogen-bond donors (Lipinski definition) is 1. The Balaban J connectivity index is 1.57. The summed E-state index contributed by atoms with van der Waals surface area (Å²) in [6.07, 6.45) is 1.64. The molecule has 4 rings (SSSR count). The lowest BCUT2D eigenvalue weighted by Crippen LogP contribution is -2.25. The average Bonchev–Trinajstić information content (AvgIpc) is 3.51. The number of benzene rings is 1. The molecule has 1 heterocycles. The molecular formula is C19H20F3N3O. The fourth-order valence-electron chi connectivity index (χ4n) is 3.56. The van der Waals surface area contributed by atoms with E-state index in [1.54, 1.807) is 0 Å². The number of aromatic nitrogens is 2. The molecule has 2 saturated carbocycles. The SMILES string of the molecule is Cn1nc(C(F)F)c(C(=O)NCc2cccc(C3CC3)c2C2CC2)c1F. The van der Waals surface area contributed by atoms with Crippen LogP contribution in [0.25, 0.3) is 0 Å². The van der Waals surface area contributed by atoms with Crippen LogP contribution in [-0.4, -0.2) is 15.7 Å².